The fourth-order valence-electron chi connectivity index (χ4n) is 3.53. The Hall–Kier alpha value is -1.04. The summed E-state index contributed by atoms with van der Waals surface area (Å²) in [5.74, 6) is -0.0786. The molecular formula is C17H19BrClNO3. The number of amides is 1. The highest BCUT2D eigenvalue weighted by molar-refractivity contribution is 9.10. The maximum atomic E-state index is 12.5. The van der Waals surface area contributed by atoms with E-state index in [4.69, 9.17) is 16.3 Å². The Morgan fingerprint density at radius 3 is 2.65 bits per heavy atom. The van der Waals surface area contributed by atoms with Gasteiger partial charge in [-0.2, -0.15) is 0 Å². The highest BCUT2D eigenvalue weighted by atomic mass is 79.9. The molecule has 0 bridgehead atoms. The zero-order chi connectivity index (χ0) is 16.8. The van der Waals surface area contributed by atoms with E-state index in [0.29, 0.717) is 33.5 Å². The van der Waals surface area contributed by atoms with Crippen LogP contribution in [0.3, 0.4) is 0 Å². The molecule has 6 heteroatoms. The monoisotopic (exact) mass is 399 g/mol. The standard InChI is InChI=1S/C17H19BrClNO3/c1-9-7-13(19)12(18)8-11(9)14-15(21)17(20-16(14)22)5-3-10(23-2)4-6-17/h7-8,10,21H,3-6H2,1-2H3,(H,20,22)/t10-,17+. The Labute approximate surface area is 149 Å². The molecule has 1 aromatic carbocycles. The van der Waals surface area contributed by atoms with Crippen LogP contribution in [0.2, 0.25) is 5.02 Å². The third kappa shape index (κ3) is 2.79. The van der Waals surface area contributed by atoms with Crippen LogP contribution in [0.1, 0.15) is 36.8 Å². The average Bonchev–Trinajstić information content (AvgIpc) is 2.75. The summed E-state index contributed by atoms with van der Waals surface area (Å²) in [6.07, 6.45) is 3.19. The van der Waals surface area contributed by atoms with Crippen LogP contribution in [0.4, 0.5) is 0 Å². The summed E-state index contributed by atoms with van der Waals surface area (Å²) in [5, 5.41) is 14.4. The fourth-order valence-corrected chi connectivity index (χ4v) is 4.09. The lowest BCUT2D eigenvalue weighted by Crippen LogP contribution is -2.48. The molecule has 23 heavy (non-hydrogen) atoms. The normalized spacial score (nSPS) is 27.7. The van der Waals surface area contributed by atoms with Crippen LogP contribution in [0, 0.1) is 6.92 Å². The summed E-state index contributed by atoms with van der Waals surface area (Å²) in [6, 6.07) is 3.59. The summed E-state index contributed by atoms with van der Waals surface area (Å²) in [7, 11) is 1.70. The van der Waals surface area contributed by atoms with E-state index in [9.17, 15) is 9.90 Å². The topological polar surface area (TPSA) is 58.6 Å². The predicted octanol–water partition coefficient (Wildman–Crippen LogP) is 4.14. The molecule has 0 atom stereocenters. The molecule has 2 aliphatic rings. The summed E-state index contributed by atoms with van der Waals surface area (Å²) in [5.41, 5.74) is 1.27. The number of benzene rings is 1. The van der Waals surface area contributed by atoms with Gasteiger partial charge in [-0.05, 0) is 71.8 Å². The Balaban J connectivity index is 2.02. The lowest BCUT2D eigenvalue weighted by molar-refractivity contribution is -0.116. The van der Waals surface area contributed by atoms with E-state index in [1.807, 2.05) is 6.92 Å². The Morgan fingerprint density at radius 1 is 1.39 bits per heavy atom. The van der Waals surface area contributed by atoms with E-state index in [-0.39, 0.29) is 17.8 Å². The first-order chi connectivity index (χ1) is 10.9. The van der Waals surface area contributed by atoms with Crippen LogP contribution in [-0.4, -0.2) is 29.8 Å². The molecule has 0 aromatic heterocycles. The number of nitrogens with one attached hydrogen (secondary N) is 1. The van der Waals surface area contributed by atoms with Gasteiger partial charge in [0.2, 0.25) is 0 Å². The second-order valence-electron chi connectivity index (χ2n) is 6.28. The summed E-state index contributed by atoms with van der Waals surface area (Å²) in [6.45, 7) is 1.88. The fraction of sp³-hybridized carbons (Fsp3) is 0.471. The van der Waals surface area contributed by atoms with Crippen molar-refractivity contribution in [1.29, 1.82) is 0 Å². The Kier molecular flexibility index (Phi) is 4.47. The van der Waals surface area contributed by atoms with Crippen molar-refractivity contribution >= 4 is 39.0 Å². The summed E-state index contributed by atoms with van der Waals surface area (Å²) >= 11 is 9.49. The molecule has 124 valence electrons. The lowest BCUT2D eigenvalue weighted by Gasteiger charge is -2.36. The van der Waals surface area contributed by atoms with Crippen molar-refractivity contribution in [3.63, 3.8) is 0 Å². The Morgan fingerprint density at radius 2 is 2.04 bits per heavy atom. The van der Waals surface area contributed by atoms with Crippen molar-refractivity contribution in [2.75, 3.05) is 7.11 Å². The number of halogens is 2. The molecule has 1 amide bonds. The zero-order valence-corrected chi connectivity index (χ0v) is 15.4. The lowest BCUT2D eigenvalue weighted by atomic mass is 9.79. The van der Waals surface area contributed by atoms with Gasteiger partial charge in [-0.25, -0.2) is 0 Å². The highest BCUT2D eigenvalue weighted by Gasteiger charge is 2.48. The van der Waals surface area contributed by atoms with Crippen LogP contribution < -0.4 is 5.32 Å². The number of aliphatic hydroxyl groups excluding tert-OH is 1. The van der Waals surface area contributed by atoms with Gasteiger partial charge in [0, 0.05) is 11.6 Å². The van der Waals surface area contributed by atoms with Gasteiger partial charge in [0.1, 0.15) is 5.76 Å². The van der Waals surface area contributed by atoms with Gasteiger partial charge in [-0.15, -0.1) is 0 Å². The molecule has 3 rings (SSSR count). The van der Waals surface area contributed by atoms with Crippen molar-refractivity contribution in [1.82, 2.24) is 5.32 Å². The van der Waals surface area contributed by atoms with Crippen molar-refractivity contribution in [2.45, 2.75) is 44.2 Å². The second kappa shape index (κ2) is 6.11. The number of carbonyl (C=O) groups excluding carboxylic acids is 1. The summed E-state index contributed by atoms with van der Waals surface area (Å²) < 4.78 is 6.09. The zero-order valence-electron chi connectivity index (χ0n) is 13.1. The largest absolute Gasteiger partial charge is 0.509 e. The quantitative estimate of drug-likeness (QED) is 0.784. The molecule has 1 spiro atoms. The molecule has 1 aliphatic carbocycles. The number of hydrogen-bond donors (Lipinski definition) is 2. The van der Waals surface area contributed by atoms with Gasteiger partial charge < -0.3 is 15.2 Å². The maximum absolute atomic E-state index is 12.5. The van der Waals surface area contributed by atoms with Crippen LogP contribution in [0.25, 0.3) is 5.57 Å². The number of rotatable bonds is 2. The minimum Gasteiger partial charge on any atom is -0.509 e. The number of hydrogen-bond acceptors (Lipinski definition) is 3. The van der Waals surface area contributed by atoms with Crippen molar-refractivity contribution in [3.05, 3.63) is 38.5 Å². The number of aryl methyl sites for hydroxylation is 1. The Bertz CT molecular complexity index is 693. The molecule has 2 N–H and O–H groups in total. The van der Waals surface area contributed by atoms with Gasteiger partial charge in [-0.3, -0.25) is 4.79 Å². The second-order valence-corrected chi connectivity index (χ2v) is 7.54. The number of ether oxygens (including phenoxy) is 1. The minimum atomic E-state index is -0.653. The van der Waals surface area contributed by atoms with E-state index in [2.05, 4.69) is 21.2 Å². The molecular weight excluding hydrogens is 382 g/mol. The average molecular weight is 401 g/mol. The SMILES string of the molecule is CO[C@H]1CC[C@]2(CC1)NC(=O)C(c1cc(Br)c(Cl)cc1C)=C2O. The van der Waals surface area contributed by atoms with Crippen LogP contribution in [-0.2, 0) is 9.53 Å². The molecule has 0 radical (unpaired) electrons. The van der Waals surface area contributed by atoms with Crippen molar-refractivity contribution in [3.8, 4) is 0 Å². The molecule has 0 saturated heterocycles. The van der Waals surface area contributed by atoms with E-state index in [1.165, 1.54) is 0 Å². The molecule has 4 nitrogen and oxygen atoms in total. The molecule has 0 unspecified atom stereocenters. The molecule has 1 aliphatic heterocycles. The van der Waals surface area contributed by atoms with Gasteiger partial charge in [0.05, 0.1) is 22.2 Å². The molecule has 1 aromatic rings. The number of aliphatic hydroxyl groups is 1. The third-order valence-corrected chi connectivity index (χ3v) is 6.12. The van der Waals surface area contributed by atoms with Crippen molar-refractivity contribution in [2.24, 2.45) is 0 Å². The van der Waals surface area contributed by atoms with Crippen LogP contribution in [0.5, 0.6) is 0 Å². The van der Waals surface area contributed by atoms with Gasteiger partial charge in [0.15, 0.2) is 0 Å². The summed E-state index contributed by atoms with van der Waals surface area (Å²) in [4.78, 5) is 12.5. The van der Waals surface area contributed by atoms with Gasteiger partial charge >= 0.3 is 0 Å². The van der Waals surface area contributed by atoms with Crippen LogP contribution >= 0.6 is 27.5 Å². The van der Waals surface area contributed by atoms with E-state index in [0.717, 1.165) is 18.4 Å². The van der Waals surface area contributed by atoms with Crippen LogP contribution in [0.15, 0.2) is 22.4 Å². The smallest absolute Gasteiger partial charge is 0.256 e. The van der Waals surface area contributed by atoms with Crippen molar-refractivity contribution < 1.29 is 14.6 Å². The van der Waals surface area contributed by atoms with Gasteiger partial charge in [-0.1, -0.05) is 11.6 Å². The first kappa shape index (κ1) is 16.8. The highest BCUT2D eigenvalue weighted by Crippen LogP contribution is 2.43. The predicted molar refractivity (Wildman–Crippen MR) is 93.6 cm³/mol. The molecule has 1 fully saturated rings. The van der Waals surface area contributed by atoms with E-state index >= 15 is 0 Å². The van der Waals surface area contributed by atoms with E-state index in [1.54, 1.807) is 19.2 Å². The third-order valence-electron chi connectivity index (χ3n) is 4.93. The first-order valence-electron chi connectivity index (χ1n) is 7.63. The number of methoxy groups -OCH3 is 1. The minimum absolute atomic E-state index is 0.148. The number of carbonyl (C=O) groups is 1. The maximum Gasteiger partial charge on any atom is 0.256 e. The van der Waals surface area contributed by atoms with Gasteiger partial charge in [0.25, 0.3) is 5.91 Å². The van der Waals surface area contributed by atoms with E-state index < -0.39 is 5.54 Å². The first-order valence-corrected chi connectivity index (χ1v) is 8.80. The molecule has 1 saturated carbocycles. The molecule has 1 heterocycles.